The molecule has 1 aliphatic heterocycles. The summed E-state index contributed by atoms with van der Waals surface area (Å²) in [6, 6.07) is 15.4. The lowest BCUT2D eigenvalue weighted by molar-refractivity contribution is -0.123. The van der Waals surface area contributed by atoms with E-state index in [0.29, 0.717) is 5.56 Å². The third-order valence-corrected chi connectivity index (χ3v) is 5.23. The number of hydrogen-bond acceptors (Lipinski definition) is 4. The van der Waals surface area contributed by atoms with E-state index in [2.05, 4.69) is 16.3 Å². The lowest BCUT2D eigenvalue weighted by Gasteiger charge is -2.30. The van der Waals surface area contributed by atoms with Gasteiger partial charge in [0.05, 0.1) is 0 Å². The number of rotatable bonds is 6. The number of nitrogens with one attached hydrogen (secondary N) is 1. The highest BCUT2D eigenvalue weighted by molar-refractivity contribution is 6.04. The molecule has 0 unspecified atom stereocenters. The zero-order chi connectivity index (χ0) is 20.1. The molecule has 2 aromatic rings. The summed E-state index contributed by atoms with van der Waals surface area (Å²) in [5, 5.41) is 2.97. The van der Waals surface area contributed by atoms with Crippen molar-refractivity contribution < 1.29 is 9.59 Å². The Hall–Kier alpha value is -2.86. The van der Waals surface area contributed by atoms with Gasteiger partial charge in [0.15, 0.2) is 0 Å². The Morgan fingerprint density at radius 2 is 1.79 bits per heavy atom. The monoisotopic (exact) mass is 380 g/mol. The first kappa shape index (κ1) is 19.9. The molecule has 3 N–H and O–H groups in total. The van der Waals surface area contributed by atoms with Gasteiger partial charge in [-0.05, 0) is 67.9 Å². The summed E-state index contributed by atoms with van der Waals surface area (Å²) in [6.07, 6.45) is 1.63. The van der Waals surface area contributed by atoms with Gasteiger partial charge in [0, 0.05) is 43.5 Å². The summed E-state index contributed by atoms with van der Waals surface area (Å²) >= 11 is 0. The van der Waals surface area contributed by atoms with Crippen molar-refractivity contribution in [2.45, 2.75) is 19.4 Å². The lowest BCUT2D eigenvalue weighted by atomic mass is 9.96. The van der Waals surface area contributed by atoms with Gasteiger partial charge in [-0.25, -0.2) is 0 Å². The molecule has 0 spiro atoms. The van der Waals surface area contributed by atoms with Crippen molar-refractivity contribution in [3.63, 3.8) is 0 Å². The Kier molecular flexibility index (Phi) is 6.31. The van der Waals surface area contributed by atoms with Crippen LogP contribution in [0.15, 0.2) is 48.5 Å². The van der Waals surface area contributed by atoms with Crippen LogP contribution in [-0.4, -0.2) is 43.9 Å². The van der Waals surface area contributed by atoms with Gasteiger partial charge in [-0.3, -0.25) is 14.5 Å². The minimum Gasteiger partial charge on any atom is -0.378 e. The van der Waals surface area contributed by atoms with Crippen molar-refractivity contribution >= 4 is 23.2 Å². The molecule has 6 nitrogen and oxygen atoms in total. The van der Waals surface area contributed by atoms with Crippen LogP contribution in [-0.2, 0) is 11.3 Å². The van der Waals surface area contributed by atoms with Crippen molar-refractivity contribution in [1.29, 1.82) is 0 Å². The van der Waals surface area contributed by atoms with Crippen molar-refractivity contribution in [2.24, 2.45) is 11.7 Å². The van der Waals surface area contributed by atoms with E-state index in [1.807, 2.05) is 61.5 Å². The number of nitrogens with two attached hydrogens (primary N) is 1. The number of hydrogen-bond donors (Lipinski definition) is 2. The zero-order valence-corrected chi connectivity index (χ0v) is 16.5. The maximum absolute atomic E-state index is 12.5. The summed E-state index contributed by atoms with van der Waals surface area (Å²) in [4.78, 5) is 28.1. The fourth-order valence-corrected chi connectivity index (χ4v) is 3.50. The zero-order valence-electron chi connectivity index (χ0n) is 16.5. The molecule has 1 fully saturated rings. The fraction of sp³-hybridized carbons (Fsp3) is 0.364. The van der Waals surface area contributed by atoms with E-state index < -0.39 is 0 Å². The minimum absolute atomic E-state index is 0.000701. The first-order chi connectivity index (χ1) is 13.4. The Morgan fingerprint density at radius 1 is 1.11 bits per heavy atom. The maximum Gasteiger partial charge on any atom is 0.255 e. The van der Waals surface area contributed by atoms with Gasteiger partial charge in [0.2, 0.25) is 5.91 Å². The highest BCUT2D eigenvalue weighted by Gasteiger charge is 2.23. The van der Waals surface area contributed by atoms with Crippen molar-refractivity contribution in [2.75, 3.05) is 37.4 Å². The molecule has 1 aliphatic rings. The molecule has 2 aromatic carbocycles. The summed E-state index contributed by atoms with van der Waals surface area (Å²) in [6.45, 7) is 2.53. The quantitative estimate of drug-likeness (QED) is 0.808. The summed E-state index contributed by atoms with van der Waals surface area (Å²) in [7, 11) is 3.94. The second-order valence-corrected chi connectivity index (χ2v) is 7.55. The van der Waals surface area contributed by atoms with Crippen LogP contribution in [0.1, 0.15) is 28.8 Å². The van der Waals surface area contributed by atoms with Gasteiger partial charge in [0.25, 0.3) is 5.91 Å². The Balaban J connectivity index is 1.58. The van der Waals surface area contributed by atoms with Gasteiger partial charge >= 0.3 is 0 Å². The van der Waals surface area contributed by atoms with Crippen LogP contribution in [0, 0.1) is 5.92 Å². The number of nitrogens with zero attached hydrogens (tertiary/aromatic N) is 2. The maximum atomic E-state index is 12.5. The smallest absolute Gasteiger partial charge is 0.255 e. The van der Waals surface area contributed by atoms with E-state index in [-0.39, 0.29) is 17.7 Å². The Morgan fingerprint density at radius 3 is 2.39 bits per heavy atom. The van der Waals surface area contributed by atoms with E-state index >= 15 is 0 Å². The van der Waals surface area contributed by atoms with Crippen molar-refractivity contribution in [3.05, 3.63) is 59.7 Å². The molecule has 2 amide bonds. The molecular weight excluding hydrogens is 352 g/mol. The van der Waals surface area contributed by atoms with Crippen molar-refractivity contribution in [1.82, 2.24) is 4.90 Å². The van der Waals surface area contributed by atoms with Gasteiger partial charge in [-0.2, -0.15) is 0 Å². The predicted molar refractivity (Wildman–Crippen MR) is 112 cm³/mol. The van der Waals surface area contributed by atoms with E-state index in [0.717, 1.165) is 49.4 Å². The van der Waals surface area contributed by atoms with Gasteiger partial charge in [0.1, 0.15) is 0 Å². The summed E-state index contributed by atoms with van der Waals surface area (Å²) in [5.41, 5.74) is 9.01. The SMILES string of the molecule is CN(C)c1ccc(C(=O)Nc2cccc(CN3CCC(C(N)=O)CC3)c2)cc1. The summed E-state index contributed by atoms with van der Waals surface area (Å²) < 4.78 is 0. The number of carbonyl (C=O) groups is 2. The van der Waals surface area contributed by atoms with Crippen LogP contribution in [0.3, 0.4) is 0 Å². The molecule has 6 heteroatoms. The van der Waals surface area contributed by atoms with E-state index in [9.17, 15) is 9.59 Å². The lowest BCUT2D eigenvalue weighted by Crippen LogP contribution is -2.38. The molecule has 1 heterocycles. The number of piperidine rings is 1. The Labute approximate surface area is 166 Å². The first-order valence-electron chi connectivity index (χ1n) is 9.62. The topological polar surface area (TPSA) is 78.7 Å². The first-order valence-corrected chi connectivity index (χ1v) is 9.62. The van der Waals surface area contributed by atoms with Crippen LogP contribution in [0.2, 0.25) is 0 Å². The molecular formula is C22H28N4O2. The molecule has 0 aliphatic carbocycles. The molecule has 148 valence electrons. The molecule has 0 atom stereocenters. The molecule has 0 bridgehead atoms. The van der Waals surface area contributed by atoms with Crippen LogP contribution < -0.4 is 16.0 Å². The van der Waals surface area contributed by atoms with Crippen molar-refractivity contribution in [3.8, 4) is 0 Å². The van der Waals surface area contributed by atoms with Gasteiger partial charge in [-0.15, -0.1) is 0 Å². The fourth-order valence-electron chi connectivity index (χ4n) is 3.50. The van der Waals surface area contributed by atoms with E-state index in [1.165, 1.54) is 0 Å². The highest BCUT2D eigenvalue weighted by Crippen LogP contribution is 2.20. The molecule has 1 saturated heterocycles. The normalized spacial score (nSPS) is 15.2. The van der Waals surface area contributed by atoms with Gasteiger partial charge in [-0.1, -0.05) is 12.1 Å². The molecule has 0 aromatic heterocycles. The average molecular weight is 380 g/mol. The standard InChI is InChI=1S/C22H28N4O2/c1-25(2)20-8-6-18(7-9-20)22(28)24-19-5-3-4-16(14-19)15-26-12-10-17(11-13-26)21(23)27/h3-9,14,17H,10-13,15H2,1-2H3,(H2,23,27)(H,24,28). The van der Waals surface area contributed by atoms with Crippen LogP contribution >= 0.6 is 0 Å². The number of amides is 2. The number of primary amides is 1. The second-order valence-electron chi connectivity index (χ2n) is 7.55. The van der Waals surface area contributed by atoms with E-state index in [1.54, 1.807) is 0 Å². The third kappa shape index (κ3) is 5.10. The molecule has 0 radical (unpaired) electrons. The summed E-state index contributed by atoms with van der Waals surface area (Å²) in [5.74, 6) is -0.312. The molecule has 0 saturated carbocycles. The molecule has 3 rings (SSSR count). The number of likely N-dealkylation sites (tertiary alicyclic amines) is 1. The van der Waals surface area contributed by atoms with Crippen LogP contribution in [0.25, 0.3) is 0 Å². The largest absolute Gasteiger partial charge is 0.378 e. The third-order valence-electron chi connectivity index (χ3n) is 5.23. The van der Waals surface area contributed by atoms with Crippen LogP contribution in [0.5, 0.6) is 0 Å². The minimum atomic E-state index is -0.192. The second kappa shape index (κ2) is 8.89. The Bertz CT molecular complexity index is 825. The van der Waals surface area contributed by atoms with E-state index in [4.69, 9.17) is 5.73 Å². The molecule has 28 heavy (non-hydrogen) atoms. The average Bonchev–Trinajstić information content (AvgIpc) is 2.68. The highest BCUT2D eigenvalue weighted by atomic mass is 16.2. The van der Waals surface area contributed by atoms with Crippen LogP contribution in [0.4, 0.5) is 11.4 Å². The number of anilines is 2. The number of carbonyl (C=O) groups excluding carboxylic acids is 2. The predicted octanol–water partition coefficient (Wildman–Crippen LogP) is 2.70. The van der Waals surface area contributed by atoms with Gasteiger partial charge < -0.3 is 16.0 Å². The number of benzene rings is 2.